The van der Waals surface area contributed by atoms with Crippen molar-refractivity contribution in [3.8, 4) is 0 Å². The van der Waals surface area contributed by atoms with Crippen LogP contribution in [0, 0.1) is 0 Å². The van der Waals surface area contributed by atoms with E-state index in [1.807, 2.05) is 6.07 Å². The number of amides is 1. The molecule has 2 aromatic heterocycles. The highest BCUT2D eigenvalue weighted by atomic mass is 32.1. The van der Waals surface area contributed by atoms with Crippen molar-refractivity contribution < 1.29 is 4.79 Å². The molecule has 1 amide bonds. The number of nitrogens with zero attached hydrogens (tertiary/aromatic N) is 1. The van der Waals surface area contributed by atoms with E-state index < -0.39 is 0 Å². The zero-order valence-electron chi connectivity index (χ0n) is 9.53. The SMILES string of the molecule is NC(=O)c1cc2cc3c(nc2s1)CCCCC3. The fraction of sp³-hybridized carbons (Fsp3) is 0.385. The van der Waals surface area contributed by atoms with Gasteiger partial charge in [-0.1, -0.05) is 6.42 Å². The number of primary amides is 1. The standard InChI is InChI=1S/C13H14N2OS/c14-12(16)11-7-9-6-8-4-2-1-3-5-10(8)15-13(9)17-11/h6-7H,1-5H2,(H2,14,16). The Morgan fingerprint density at radius 2 is 2.06 bits per heavy atom. The smallest absolute Gasteiger partial charge is 0.258 e. The third kappa shape index (κ3) is 1.93. The van der Waals surface area contributed by atoms with E-state index in [2.05, 4.69) is 11.1 Å². The summed E-state index contributed by atoms with van der Waals surface area (Å²) in [5.41, 5.74) is 7.87. The lowest BCUT2D eigenvalue weighted by Crippen LogP contribution is -2.07. The van der Waals surface area contributed by atoms with E-state index in [-0.39, 0.29) is 5.91 Å². The molecule has 0 aliphatic heterocycles. The molecule has 17 heavy (non-hydrogen) atoms. The minimum absolute atomic E-state index is 0.358. The van der Waals surface area contributed by atoms with Crippen LogP contribution >= 0.6 is 11.3 Å². The van der Waals surface area contributed by atoms with Gasteiger partial charge < -0.3 is 5.73 Å². The van der Waals surface area contributed by atoms with Gasteiger partial charge in [0.25, 0.3) is 5.91 Å². The maximum absolute atomic E-state index is 11.2. The van der Waals surface area contributed by atoms with Gasteiger partial charge in [-0.2, -0.15) is 0 Å². The zero-order chi connectivity index (χ0) is 11.8. The molecule has 2 aromatic rings. The molecule has 0 radical (unpaired) electrons. The van der Waals surface area contributed by atoms with E-state index in [0.717, 1.165) is 23.1 Å². The summed E-state index contributed by atoms with van der Waals surface area (Å²) in [4.78, 5) is 17.4. The first-order valence-corrected chi connectivity index (χ1v) is 6.78. The molecule has 2 heterocycles. The molecular formula is C13H14N2OS. The van der Waals surface area contributed by atoms with Gasteiger partial charge in [-0.15, -0.1) is 11.3 Å². The molecule has 0 spiro atoms. The van der Waals surface area contributed by atoms with Crippen molar-refractivity contribution in [1.82, 2.24) is 4.98 Å². The number of aryl methyl sites for hydroxylation is 2. The Hall–Kier alpha value is -1.42. The average molecular weight is 246 g/mol. The lowest BCUT2D eigenvalue weighted by Gasteiger charge is -2.03. The number of nitrogens with two attached hydrogens (primary N) is 1. The first-order valence-electron chi connectivity index (χ1n) is 5.96. The van der Waals surface area contributed by atoms with Crippen molar-refractivity contribution >= 4 is 27.5 Å². The molecule has 4 heteroatoms. The van der Waals surface area contributed by atoms with Gasteiger partial charge >= 0.3 is 0 Å². The summed E-state index contributed by atoms with van der Waals surface area (Å²) in [7, 11) is 0. The van der Waals surface area contributed by atoms with Crippen LogP contribution in [0.15, 0.2) is 12.1 Å². The van der Waals surface area contributed by atoms with Crippen LogP contribution in [0.25, 0.3) is 10.2 Å². The van der Waals surface area contributed by atoms with Crippen LogP contribution in [0.2, 0.25) is 0 Å². The first-order chi connectivity index (χ1) is 8.24. The summed E-state index contributed by atoms with van der Waals surface area (Å²) in [6.07, 6.45) is 5.93. The highest BCUT2D eigenvalue weighted by molar-refractivity contribution is 7.20. The number of hydrogen-bond donors (Lipinski definition) is 1. The summed E-state index contributed by atoms with van der Waals surface area (Å²) < 4.78 is 0. The average Bonchev–Trinajstić information content (AvgIpc) is 2.58. The number of pyridine rings is 1. The molecule has 0 aromatic carbocycles. The molecule has 2 N–H and O–H groups in total. The van der Waals surface area contributed by atoms with E-state index in [9.17, 15) is 4.79 Å². The number of fused-ring (bicyclic) bond motifs is 2. The van der Waals surface area contributed by atoms with Crippen molar-refractivity contribution in [2.45, 2.75) is 32.1 Å². The Morgan fingerprint density at radius 3 is 2.88 bits per heavy atom. The molecule has 3 rings (SSSR count). The fourth-order valence-corrected chi connectivity index (χ4v) is 3.28. The first kappa shape index (κ1) is 10.7. The Kier molecular flexibility index (Phi) is 2.59. The number of thiophene rings is 1. The van der Waals surface area contributed by atoms with Crippen LogP contribution in [-0.4, -0.2) is 10.9 Å². The predicted octanol–water partition coefficient (Wildman–Crippen LogP) is 2.66. The normalized spacial score (nSPS) is 15.5. The fourth-order valence-electron chi connectivity index (χ4n) is 2.39. The van der Waals surface area contributed by atoms with Gasteiger partial charge in [0.15, 0.2) is 0 Å². The van der Waals surface area contributed by atoms with Crippen LogP contribution in [0.3, 0.4) is 0 Å². The Morgan fingerprint density at radius 1 is 1.24 bits per heavy atom. The van der Waals surface area contributed by atoms with E-state index in [0.29, 0.717) is 4.88 Å². The highest BCUT2D eigenvalue weighted by Crippen LogP contribution is 2.28. The lowest BCUT2D eigenvalue weighted by molar-refractivity contribution is 0.100. The molecule has 0 saturated heterocycles. The third-order valence-electron chi connectivity index (χ3n) is 3.28. The molecule has 0 saturated carbocycles. The monoisotopic (exact) mass is 246 g/mol. The van der Waals surface area contributed by atoms with Crippen LogP contribution in [-0.2, 0) is 12.8 Å². The van der Waals surface area contributed by atoms with Gasteiger partial charge in [-0.05, 0) is 43.4 Å². The Bertz CT molecular complexity index is 545. The maximum atomic E-state index is 11.2. The molecule has 0 bridgehead atoms. The van der Waals surface area contributed by atoms with Crippen molar-refractivity contribution in [2.24, 2.45) is 5.73 Å². The second-order valence-corrected chi connectivity index (χ2v) is 5.55. The predicted molar refractivity (Wildman–Crippen MR) is 69.4 cm³/mol. The van der Waals surface area contributed by atoms with Gasteiger partial charge in [0.1, 0.15) is 4.83 Å². The van der Waals surface area contributed by atoms with E-state index in [1.165, 1.54) is 41.9 Å². The van der Waals surface area contributed by atoms with Crippen LogP contribution in [0.4, 0.5) is 0 Å². The minimum Gasteiger partial charge on any atom is -0.365 e. The van der Waals surface area contributed by atoms with Gasteiger partial charge in [-0.3, -0.25) is 4.79 Å². The Balaban J connectivity index is 2.15. The van der Waals surface area contributed by atoms with Gasteiger partial charge in [-0.25, -0.2) is 4.98 Å². The molecule has 88 valence electrons. The zero-order valence-corrected chi connectivity index (χ0v) is 10.3. The van der Waals surface area contributed by atoms with Crippen molar-refractivity contribution in [3.63, 3.8) is 0 Å². The van der Waals surface area contributed by atoms with Crippen LogP contribution in [0.5, 0.6) is 0 Å². The van der Waals surface area contributed by atoms with Crippen LogP contribution < -0.4 is 5.73 Å². The molecule has 1 aliphatic rings. The highest BCUT2D eigenvalue weighted by Gasteiger charge is 2.13. The third-order valence-corrected chi connectivity index (χ3v) is 4.34. The van der Waals surface area contributed by atoms with Gasteiger partial charge in [0, 0.05) is 11.1 Å². The number of rotatable bonds is 1. The van der Waals surface area contributed by atoms with Crippen LogP contribution in [0.1, 0.15) is 40.2 Å². The van der Waals surface area contributed by atoms with Crippen molar-refractivity contribution in [2.75, 3.05) is 0 Å². The summed E-state index contributed by atoms with van der Waals surface area (Å²) in [6, 6.07) is 4.05. The van der Waals surface area contributed by atoms with Crippen molar-refractivity contribution in [3.05, 3.63) is 28.3 Å². The van der Waals surface area contributed by atoms with E-state index in [4.69, 9.17) is 5.73 Å². The lowest BCUT2D eigenvalue weighted by atomic mass is 10.1. The topological polar surface area (TPSA) is 56.0 Å². The van der Waals surface area contributed by atoms with E-state index >= 15 is 0 Å². The quantitative estimate of drug-likeness (QED) is 0.786. The van der Waals surface area contributed by atoms with Crippen molar-refractivity contribution in [1.29, 1.82) is 0 Å². The Labute approximate surface area is 104 Å². The number of hydrogen-bond acceptors (Lipinski definition) is 3. The summed E-state index contributed by atoms with van der Waals surface area (Å²) in [5.74, 6) is -0.358. The summed E-state index contributed by atoms with van der Waals surface area (Å²) in [6.45, 7) is 0. The number of carbonyl (C=O) groups is 1. The maximum Gasteiger partial charge on any atom is 0.258 e. The molecule has 1 aliphatic carbocycles. The van der Waals surface area contributed by atoms with Gasteiger partial charge in [0.2, 0.25) is 0 Å². The molecule has 0 unspecified atom stereocenters. The molecular weight excluding hydrogens is 232 g/mol. The largest absolute Gasteiger partial charge is 0.365 e. The summed E-state index contributed by atoms with van der Waals surface area (Å²) >= 11 is 1.40. The number of aromatic nitrogens is 1. The van der Waals surface area contributed by atoms with Gasteiger partial charge in [0.05, 0.1) is 4.88 Å². The number of carbonyl (C=O) groups excluding carboxylic acids is 1. The summed E-state index contributed by atoms with van der Waals surface area (Å²) in [5, 5.41) is 1.06. The molecule has 3 nitrogen and oxygen atoms in total. The molecule has 0 fully saturated rings. The second kappa shape index (κ2) is 4.11. The minimum atomic E-state index is -0.358. The second-order valence-electron chi connectivity index (χ2n) is 4.52. The molecule has 0 atom stereocenters. The van der Waals surface area contributed by atoms with E-state index in [1.54, 1.807) is 0 Å².